The molecule has 2 aliphatic rings. The number of carbonyl (C=O) groups is 1. The summed E-state index contributed by atoms with van der Waals surface area (Å²) in [5.41, 5.74) is 1.14. The van der Waals surface area contributed by atoms with Crippen molar-refractivity contribution in [2.45, 2.75) is 38.8 Å². The lowest BCUT2D eigenvalue weighted by Crippen LogP contribution is -2.46. The summed E-state index contributed by atoms with van der Waals surface area (Å²) in [4.78, 5) is 16.9. The van der Waals surface area contributed by atoms with Crippen LogP contribution in [0.15, 0.2) is 16.8 Å². The Labute approximate surface area is 143 Å². The van der Waals surface area contributed by atoms with E-state index in [-0.39, 0.29) is 5.91 Å². The lowest BCUT2D eigenvalue weighted by Gasteiger charge is -2.36. The number of fused-ring (bicyclic) bond motifs is 1. The molecule has 1 aromatic rings. The Bertz CT molecular complexity index is 517. The Morgan fingerprint density at radius 2 is 2.35 bits per heavy atom. The third-order valence-corrected chi connectivity index (χ3v) is 6.16. The summed E-state index contributed by atoms with van der Waals surface area (Å²) in [6.45, 7) is 8.01. The van der Waals surface area contributed by atoms with Gasteiger partial charge in [0.15, 0.2) is 0 Å². The van der Waals surface area contributed by atoms with E-state index in [0.29, 0.717) is 30.4 Å². The van der Waals surface area contributed by atoms with Crippen LogP contribution in [0.25, 0.3) is 0 Å². The van der Waals surface area contributed by atoms with Gasteiger partial charge in [-0.1, -0.05) is 0 Å². The number of likely N-dealkylation sites (N-methyl/N-ethyl adjacent to an activating group) is 1. The Kier molecular flexibility index (Phi) is 5.39. The van der Waals surface area contributed by atoms with Crippen molar-refractivity contribution in [1.82, 2.24) is 9.80 Å². The number of piperidine rings is 1. The molecule has 0 aromatic carbocycles. The maximum Gasteiger partial charge on any atom is 0.227 e. The predicted molar refractivity (Wildman–Crippen MR) is 93.7 cm³/mol. The number of amides is 1. The Morgan fingerprint density at radius 3 is 3.04 bits per heavy atom. The Hall–Kier alpha value is -0.910. The van der Waals surface area contributed by atoms with Crippen molar-refractivity contribution in [3.63, 3.8) is 0 Å². The molecule has 1 amide bonds. The summed E-state index contributed by atoms with van der Waals surface area (Å²) in [6.07, 6.45) is 1.96. The van der Waals surface area contributed by atoms with Crippen LogP contribution in [-0.4, -0.2) is 61.1 Å². The van der Waals surface area contributed by atoms with Crippen molar-refractivity contribution in [2.24, 2.45) is 11.8 Å². The molecule has 0 spiro atoms. The lowest BCUT2D eigenvalue weighted by molar-refractivity contribution is -0.132. The Balaban J connectivity index is 1.53. The monoisotopic (exact) mass is 336 g/mol. The zero-order valence-electron chi connectivity index (χ0n) is 14.4. The van der Waals surface area contributed by atoms with Gasteiger partial charge in [0, 0.05) is 31.6 Å². The molecule has 1 aromatic heterocycles. The van der Waals surface area contributed by atoms with Crippen molar-refractivity contribution in [2.75, 3.05) is 33.3 Å². The van der Waals surface area contributed by atoms with Gasteiger partial charge in [-0.3, -0.25) is 4.79 Å². The van der Waals surface area contributed by atoms with Crippen molar-refractivity contribution >= 4 is 17.2 Å². The standard InChI is InChI=1S/C18H28N2O2S/c1-13(2)19(3)10-17-16-4-6-20(9-15(16)11-22-17)18(21)8-14-5-7-23-12-14/h5,7,12-13,15-17H,4,6,8-11H2,1-3H3/t15-,16-,17+/m1/s1. The largest absolute Gasteiger partial charge is 0.376 e. The molecule has 0 bridgehead atoms. The highest BCUT2D eigenvalue weighted by molar-refractivity contribution is 7.07. The summed E-state index contributed by atoms with van der Waals surface area (Å²) in [5, 5.41) is 4.11. The van der Waals surface area contributed by atoms with Gasteiger partial charge < -0.3 is 14.5 Å². The zero-order chi connectivity index (χ0) is 16.4. The molecule has 2 fully saturated rings. The van der Waals surface area contributed by atoms with Crippen molar-refractivity contribution in [3.05, 3.63) is 22.4 Å². The second kappa shape index (κ2) is 7.32. The van der Waals surface area contributed by atoms with Crippen LogP contribution in [0.3, 0.4) is 0 Å². The van der Waals surface area contributed by atoms with Crippen molar-refractivity contribution in [3.8, 4) is 0 Å². The number of ether oxygens (including phenoxy) is 1. The van der Waals surface area contributed by atoms with Gasteiger partial charge in [0.05, 0.1) is 19.1 Å². The van der Waals surface area contributed by atoms with E-state index in [1.165, 1.54) is 0 Å². The molecule has 2 saturated heterocycles. The molecular formula is C18H28N2O2S. The van der Waals surface area contributed by atoms with Crippen LogP contribution in [-0.2, 0) is 16.0 Å². The van der Waals surface area contributed by atoms with Gasteiger partial charge in [0.1, 0.15) is 0 Å². The molecule has 5 heteroatoms. The topological polar surface area (TPSA) is 32.8 Å². The van der Waals surface area contributed by atoms with Gasteiger partial charge in [-0.25, -0.2) is 0 Å². The molecule has 4 nitrogen and oxygen atoms in total. The van der Waals surface area contributed by atoms with Crippen molar-refractivity contribution in [1.29, 1.82) is 0 Å². The average Bonchev–Trinajstić information content (AvgIpc) is 3.16. The SMILES string of the molecule is CC(C)N(C)C[C@@H]1OC[C@H]2CN(C(=O)Cc3ccsc3)CC[C@H]21. The van der Waals surface area contributed by atoms with E-state index >= 15 is 0 Å². The fraction of sp³-hybridized carbons (Fsp3) is 0.722. The minimum Gasteiger partial charge on any atom is -0.376 e. The van der Waals surface area contributed by atoms with Crippen LogP contribution in [0.5, 0.6) is 0 Å². The number of hydrogen-bond acceptors (Lipinski definition) is 4. The number of carbonyl (C=O) groups excluding carboxylic acids is 1. The number of thiophene rings is 1. The van der Waals surface area contributed by atoms with Gasteiger partial charge >= 0.3 is 0 Å². The van der Waals surface area contributed by atoms with E-state index in [4.69, 9.17) is 4.74 Å². The molecule has 3 atom stereocenters. The van der Waals surface area contributed by atoms with E-state index in [9.17, 15) is 4.79 Å². The molecule has 23 heavy (non-hydrogen) atoms. The molecule has 3 rings (SSSR count). The smallest absolute Gasteiger partial charge is 0.227 e. The fourth-order valence-corrected chi connectivity index (χ4v) is 4.34. The minimum atomic E-state index is 0.268. The van der Waals surface area contributed by atoms with Crippen LogP contribution < -0.4 is 0 Å². The summed E-state index contributed by atoms with van der Waals surface area (Å²) < 4.78 is 6.08. The molecule has 3 heterocycles. The van der Waals surface area contributed by atoms with E-state index in [0.717, 1.165) is 38.2 Å². The molecule has 0 saturated carbocycles. The van der Waals surface area contributed by atoms with Gasteiger partial charge in [0.2, 0.25) is 5.91 Å². The third kappa shape index (κ3) is 3.95. The molecule has 0 unspecified atom stereocenters. The molecule has 0 radical (unpaired) electrons. The molecule has 0 N–H and O–H groups in total. The fourth-order valence-electron chi connectivity index (χ4n) is 3.68. The summed E-state index contributed by atoms with van der Waals surface area (Å²) in [5.74, 6) is 1.40. The molecule has 0 aliphatic carbocycles. The first-order valence-electron chi connectivity index (χ1n) is 8.65. The minimum absolute atomic E-state index is 0.268. The predicted octanol–water partition coefficient (Wildman–Crippen LogP) is 2.49. The maximum atomic E-state index is 12.5. The van der Waals surface area contributed by atoms with Crippen LogP contribution in [0.1, 0.15) is 25.8 Å². The second-order valence-electron chi connectivity index (χ2n) is 7.27. The Morgan fingerprint density at radius 1 is 1.52 bits per heavy atom. The van der Waals surface area contributed by atoms with Gasteiger partial charge in [-0.2, -0.15) is 11.3 Å². The highest BCUT2D eigenvalue weighted by atomic mass is 32.1. The summed E-state index contributed by atoms with van der Waals surface area (Å²) >= 11 is 1.66. The van der Waals surface area contributed by atoms with E-state index in [1.54, 1.807) is 11.3 Å². The van der Waals surface area contributed by atoms with E-state index in [2.05, 4.69) is 36.1 Å². The third-order valence-electron chi connectivity index (χ3n) is 5.43. The number of likely N-dealkylation sites (tertiary alicyclic amines) is 1. The quantitative estimate of drug-likeness (QED) is 0.828. The van der Waals surface area contributed by atoms with Gasteiger partial charge in [-0.05, 0) is 55.6 Å². The van der Waals surface area contributed by atoms with Gasteiger partial charge in [0.25, 0.3) is 0 Å². The van der Waals surface area contributed by atoms with Crippen LogP contribution in [0, 0.1) is 11.8 Å². The highest BCUT2D eigenvalue weighted by Crippen LogP contribution is 2.35. The first kappa shape index (κ1) is 16.9. The number of nitrogens with zero attached hydrogens (tertiary/aromatic N) is 2. The summed E-state index contributed by atoms with van der Waals surface area (Å²) in [7, 11) is 2.17. The van der Waals surface area contributed by atoms with Crippen molar-refractivity contribution < 1.29 is 9.53 Å². The van der Waals surface area contributed by atoms with E-state index in [1.807, 2.05) is 11.4 Å². The van der Waals surface area contributed by atoms with Crippen LogP contribution in [0.4, 0.5) is 0 Å². The molecule has 2 aliphatic heterocycles. The normalized spacial score (nSPS) is 27.7. The van der Waals surface area contributed by atoms with E-state index < -0.39 is 0 Å². The molecule has 128 valence electrons. The highest BCUT2D eigenvalue weighted by Gasteiger charge is 2.42. The van der Waals surface area contributed by atoms with Crippen LogP contribution >= 0.6 is 11.3 Å². The first-order valence-corrected chi connectivity index (χ1v) is 9.59. The lowest BCUT2D eigenvalue weighted by atomic mass is 9.84. The average molecular weight is 337 g/mol. The molecular weight excluding hydrogens is 308 g/mol. The van der Waals surface area contributed by atoms with Crippen LogP contribution in [0.2, 0.25) is 0 Å². The first-order chi connectivity index (χ1) is 11.0. The number of hydrogen-bond donors (Lipinski definition) is 0. The van der Waals surface area contributed by atoms with Gasteiger partial charge in [-0.15, -0.1) is 0 Å². The maximum absolute atomic E-state index is 12.5. The second-order valence-corrected chi connectivity index (χ2v) is 8.05. The zero-order valence-corrected chi connectivity index (χ0v) is 15.2. The summed E-state index contributed by atoms with van der Waals surface area (Å²) in [6, 6.07) is 2.59. The number of rotatable bonds is 5.